The van der Waals surface area contributed by atoms with Crippen LogP contribution in [0.1, 0.15) is 51.0 Å². The van der Waals surface area contributed by atoms with E-state index in [1.165, 1.54) is 17.4 Å². The summed E-state index contributed by atoms with van der Waals surface area (Å²) in [4.78, 5) is 0. The van der Waals surface area contributed by atoms with Crippen LogP contribution in [-0.2, 0) is 6.42 Å². The number of furan rings is 1. The second kappa shape index (κ2) is 5.57. The molecule has 0 amide bonds. The van der Waals surface area contributed by atoms with Gasteiger partial charge in [0.15, 0.2) is 0 Å². The molecule has 1 heterocycles. The molecule has 0 fully saturated rings. The minimum absolute atomic E-state index is 0.0727. The van der Waals surface area contributed by atoms with E-state index in [0.29, 0.717) is 5.92 Å². The number of fused-ring (bicyclic) bond motifs is 1. The monoisotopic (exact) mass is 245 g/mol. The summed E-state index contributed by atoms with van der Waals surface area (Å²) in [7, 11) is 0. The molecule has 2 aromatic rings. The summed E-state index contributed by atoms with van der Waals surface area (Å²) < 4.78 is 5.92. The molecular weight excluding hydrogens is 222 g/mol. The van der Waals surface area contributed by atoms with E-state index < -0.39 is 0 Å². The zero-order chi connectivity index (χ0) is 13.1. The fraction of sp³-hybridized carbons (Fsp3) is 0.500. The number of hydrogen-bond acceptors (Lipinski definition) is 2. The van der Waals surface area contributed by atoms with Crippen molar-refractivity contribution in [2.75, 3.05) is 0 Å². The highest BCUT2D eigenvalue weighted by atomic mass is 16.3. The summed E-state index contributed by atoms with van der Waals surface area (Å²) in [5.74, 6) is 1.54. The van der Waals surface area contributed by atoms with Gasteiger partial charge in [0.25, 0.3) is 0 Å². The van der Waals surface area contributed by atoms with Gasteiger partial charge in [-0.3, -0.25) is 0 Å². The lowest BCUT2D eigenvalue weighted by Crippen LogP contribution is -2.19. The summed E-state index contributed by atoms with van der Waals surface area (Å²) in [6, 6.07) is 8.28. The summed E-state index contributed by atoms with van der Waals surface area (Å²) >= 11 is 0. The molecule has 0 aliphatic rings. The van der Waals surface area contributed by atoms with E-state index in [2.05, 4.69) is 32.9 Å². The van der Waals surface area contributed by atoms with Gasteiger partial charge in [-0.15, -0.1) is 0 Å². The molecule has 1 aromatic carbocycles. The van der Waals surface area contributed by atoms with E-state index in [1.807, 2.05) is 12.1 Å². The van der Waals surface area contributed by atoms with E-state index in [1.54, 1.807) is 0 Å². The molecule has 0 radical (unpaired) electrons. The Kier molecular flexibility index (Phi) is 4.07. The van der Waals surface area contributed by atoms with Crippen molar-refractivity contribution in [3.8, 4) is 0 Å². The topological polar surface area (TPSA) is 39.2 Å². The Morgan fingerprint density at radius 1 is 1.22 bits per heavy atom. The molecule has 2 nitrogen and oxygen atoms in total. The summed E-state index contributed by atoms with van der Waals surface area (Å²) in [5, 5.41) is 1.19. The Morgan fingerprint density at radius 3 is 2.61 bits per heavy atom. The molecule has 2 unspecified atom stereocenters. The van der Waals surface area contributed by atoms with Gasteiger partial charge >= 0.3 is 0 Å². The van der Waals surface area contributed by atoms with E-state index in [-0.39, 0.29) is 6.04 Å². The third-order valence-electron chi connectivity index (χ3n) is 3.72. The molecule has 2 heteroatoms. The van der Waals surface area contributed by atoms with Gasteiger partial charge in [0.05, 0.1) is 0 Å². The normalized spacial score (nSPS) is 14.9. The molecule has 1 aromatic heterocycles. The smallest absolute Gasteiger partial charge is 0.134 e. The lowest BCUT2D eigenvalue weighted by Gasteiger charge is -2.19. The van der Waals surface area contributed by atoms with Crippen LogP contribution >= 0.6 is 0 Å². The molecular formula is C16H23NO. The van der Waals surface area contributed by atoms with Gasteiger partial charge in [0, 0.05) is 23.4 Å². The van der Waals surface area contributed by atoms with Gasteiger partial charge < -0.3 is 10.2 Å². The van der Waals surface area contributed by atoms with Crippen molar-refractivity contribution in [3.05, 3.63) is 35.6 Å². The SMILES string of the molecule is CCCC(C)C(N)c1c(CC)oc2ccccc12. The zero-order valence-corrected chi connectivity index (χ0v) is 11.6. The van der Waals surface area contributed by atoms with Crippen LogP contribution in [0.3, 0.4) is 0 Å². The van der Waals surface area contributed by atoms with Crippen LogP contribution in [0.5, 0.6) is 0 Å². The van der Waals surface area contributed by atoms with Crippen LogP contribution < -0.4 is 5.73 Å². The molecule has 0 spiro atoms. The maximum absolute atomic E-state index is 6.45. The van der Waals surface area contributed by atoms with Crippen molar-refractivity contribution < 1.29 is 4.42 Å². The Morgan fingerprint density at radius 2 is 1.94 bits per heavy atom. The lowest BCUT2D eigenvalue weighted by atomic mass is 9.89. The average molecular weight is 245 g/mol. The van der Waals surface area contributed by atoms with Gasteiger partial charge in [-0.2, -0.15) is 0 Å². The fourth-order valence-corrected chi connectivity index (χ4v) is 2.66. The predicted octanol–water partition coefficient (Wildman–Crippen LogP) is 4.43. The molecule has 0 bridgehead atoms. The second-order valence-corrected chi connectivity index (χ2v) is 5.08. The van der Waals surface area contributed by atoms with Crippen molar-refractivity contribution in [1.29, 1.82) is 0 Å². The predicted molar refractivity (Wildman–Crippen MR) is 76.6 cm³/mol. The minimum Gasteiger partial charge on any atom is -0.461 e. The largest absolute Gasteiger partial charge is 0.461 e. The van der Waals surface area contributed by atoms with Crippen molar-refractivity contribution in [2.24, 2.45) is 11.7 Å². The van der Waals surface area contributed by atoms with Gasteiger partial charge in [0.1, 0.15) is 11.3 Å². The van der Waals surface area contributed by atoms with Crippen LogP contribution in [0.4, 0.5) is 0 Å². The molecule has 0 saturated carbocycles. The molecule has 0 saturated heterocycles. The van der Waals surface area contributed by atoms with Gasteiger partial charge in [0.2, 0.25) is 0 Å². The van der Waals surface area contributed by atoms with Crippen LogP contribution in [0.2, 0.25) is 0 Å². The molecule has 2 N–H and O–H groups in total. The molecule has 98 valence electrons. The van der Waals surface area contributed by atoms with Crippen molar-refractivity contribution >= 4 is 11.0 Å². The highest BCUT2D eigenvalue weighted by Crippen LogP contribution is 2.34. The fourth-order valence-electron chi connectivity index (χ4n) is 2.66. The van der Waals surface area contributed by atoms with E-state index in [0.717, 1.165) is 24.2 Å². The third kappa shape index (κ3) is 2.30. The molecule has 2 rings (SSSR count). The third-order valence-corrected chi connectivity index (χ3v) is 3.72. The van der Waals surface area contributed by atoms with Crippen LogP contribution in [0.15, 0.2) is 28.7 Å². The maximum Gasteiger partial charge on any atom is 0.134 e. The lowest BCUT2D eigenvalue weighted by molar-refractivity contribution is 0.425. The number of rotatable bonds is 5. The number of hydrogen-bond donors (Lipinski definition) is 1. The van der Waals surface area contributed by atoms with Gasteiger partial charge in [-0.05, 0) is 18.4 Å². The first-order valence-electron chi connectivity index (χ1n) is 6.94. The van der Waals surface area contributed by atoms with Crippen molar-refractivity contribution in [3.63, 3.8) is 0 Å². The second-order valence-electron chi connectivity index (χ2n) is 5.08. The van der Waals surface area contributed by atoms with E-state index in [9.17, 15) is 0 Å². The number of nitrogens with two attached hydrogens (primary N) is 1. The Balaban J connectivity index is 2.47. The first-order valence-corrected chi connectivity index (χ1v) is 6.94. The van der Waals surface area contributed by atoms with Crippen molar-refractivity contribution in [1.82, 2.24) is 0 Å². The molecule has 2 atom stereocenters. The van der Waals surface area contributed by atoms with Crippen LogP contribution in [0, 0.1) is 5.92 Å². The summed E-state index contributed by atoms with van der Waals surface area (Å²) in [6.45, 7) is 6.56. The zero-order valence-electron chi connectivity index (χ0n) is 11.6. The molecule has 18 heavy (non-hydrogen) atoms. The van der Waals surface area contributed by atoms with Crippen LogP contribution in [0.25, 0.3) is 11.0 Å². The Hall–Kier alpha value is -1.28. The minimum atomic E-state index is 0.0727. The summed E-state index contributed by atoms with van der Waals surface area (Å²) in [5.41, 5.74) is 8.63. The van der Waals surface area contributed by atoms with Gasteiger partial charge in [-0.1, -0.05) is 45.4 Å². The summed E-state index contributed by atoms with van der Waals surface area (Å²) in [6.07, 6.45) is 3.23. The van der Waals surface area contributed by atoms with E-state index >= 15 is 0 Å². The Labute approximate surface area is 109 Å². The molecule has 0 aliphatic carbocycles. The highest BCUT2D eigenvalue weighted by Gasteiger charge is 2.22. The first-order chi connectivity index (χ1) is 8.69. The van der Waals surface area contributed by atoms with E-state index in [4.69, 9.17) is 10.2 Å². The average Bonchev–Trinajstić information content (AvgIpc) is 2.76. The van der Waals surface area contributed by atoms with Crippen LogP contribution in [-0.4, -0.2) is 0 Å². The Bertz CT molecular complexity index is 515. The number of benzene rings is 1. The van der Waals surface area contributed by atoms with Gasteiger partial charge in [-0.25, -0.2) is 0 Å². The maximum atomic E-state index is 6.45. The number of aryl methyl sites for hydroxylation is 1. The first kappa shape index (κ1) is 13.2. The number of para-hydroxylation sites is 1. The van der Waals surface area contributed by atoms with Crippen molar-refractivity contribution in [2.45, 2.75) is 46.1 Å². The standard InChI is InChI=1S/C16H23NO/c1-4-8-11(3)16(17)15-12-9-6-7-10-14(12)18-13(15)5-2/h6-7,9-11,16H,4-5,8,17H2,1-3H3. The quantitative estimate of drug-likeness (QED) is 0.846. The molecule has 0 aliphatic heterocycles. The highest BCUT2D eigenvalue weighted by molar-refractivity contribution is 5.82.